The van der Waals surface area contributed by atoms with Crippen molar-refractivity contribution in [2.45, 2.75) is 6.61 Å². The number of rotatable bonds is 5. The van der Waals surface area contributed by atoms with E-state index in [4.69, 9.17) is 25.8 Å². The number of methoxy groups -OCH3 is 2. The van der Waals surface area contributed by atoms with E-state index in [-0.39, 0.29) is 17.6 Å². The highest BCUT2D eigenvalue weighted by molar-refractivity contribution is 6.28. The highest BCUT2D eigenvalue weighted by Gasteiger charge is 2.12. The molecule has 0 N–H and O–H groups in total. The van der Waals surface area contributed by atoms with E-state index < -0.39 is 5.82 Å². The predicted octanol–water partition coefficient (Wildman–Crippen LogP) is 2.87. The molecule has 0 aliphatic carbocycles. The van der Waals surface area contributed by atoms with Crippen molar-refractivity contribution in [3.05, 3.63) is 41.2 Å². The van der Waals surface area contributed by atoms with Gasteiger partial charge in [-0.25, -0.2) is 14.4 Å². The Morgan fingerprint density at radius 2 is 1.80 bits per heavy atom. The molecule has 0 aliphatic heterocycles. The van der Waals surface area contributed by atoms with Crippen molar-refractivity contribution >= 4 is 11.6 Å². The largest absolute Gasteiger partial charge is 0.497 e. The fraction of sp³-hybridized carbons (Fsp3) is 0.231. The first-order valence-corrected chi connectivity index (χ1v) is 6.02. The van der Waals surface area contributed by atoms with Crippen LogP contribution in [0.5, 0.6) is 17.2 Å². The van der Waals surface area contributed by atoms with Crippen molar-refractivity contribution in [3.63, 3.8) is 0 Å². The SMILES string of the molecule is COc1cc(COc2cnc(Cl)nc2)c(F)c(OC)c1. The number of aromatic nitrogens is 2. The number of hydrogen-bond donors (Lipinski definition) is 0. The van der Waals surface area contributed by atoms with Gasteiger partial charge in [0, 0.05) is 11.6 Å². The molecule has 0 saturated carbocycles. The third-order valence-corrected chi connectivity index (χ3v) is 2.73. The monoisotopic (exact) mass is 298 g/mol. The Morgan fingerprint density at radius 1 is 1.10 bits per heavy atom. The summed E-state index contributed by atoms with van der Waals surface area (Å²) < 4.78 is 29.5. The number of hydrogen-bond acceptors (Lipinski definition) is 5. The minimum absolute atomic E-state index is 0.00954. The second-order valence-electron chi connectivity index (χ2n) is 3.78. The van der Waals surface area contributed by atoms with E-state index in [1.54, 1.807) is 0 Å². The molecule has 0 atom stereocenters. The lowest BCUT2D eigenvalue weighted by molar-refractivity contribution is 0.291. The zero-order chi connectivity index (χ0) is 14.5. The summed E-state index contributed by atoms with van der Waals surface area (Å²) in [6, 6.07) is 3.00. The number of nitrogens with zero attached hydrogens (tertiary/aromatic N) is 2. The highest BCUT2D eigenvalue weighted by atomic mass is 35.5. The van der Waals surface area contributed by atoms with Gasteiger partial charge < -0.3 is 14.2 Å². The van der Waals surface area contributed by atoms with E-state index in [0.717, 1.165) is 0 Å². The molecule has 0 saturated heterocycles. The third kappa shape index (κ3) is 3.27. The van der Waals surface area contributed by atoms with Crippen molar-refractivity contribution in [1.82, 2.24) is 9.97 Å². The molecule has 20 heavy (non-hydrogen) atoms. The minimum Gasteiger partial charge on any atom is -0.497 e. The van der Waals surface area contributed by atoms with E-state index in [1.807, 2.05) is 0 Å². The molecule has 2 aromatic rings. The van der Waals surface area contributed by atoms with Gasteiger partial charge in [0.25, 0.3) is 0 Å². The van der Waals surface area contributed by atoms with Gasteiger partial charge in [0.15, 0.2) is 17.3 Å². The third-order valence-electron chi connectivity index (χ3n) is 2.53. The molecule has 106 valence electrons. The molecule has 0 radical (unpaired) electrons. The summed E-state index contributed by atoms with van der Waals surface area (Å²) in [5, 5.41) is 0.117. The van der Waals surface area contributed by atoms with Crippen LogP contribution in [0.4, 0.5) is 4.39 Å². The zero-order valence-corrected chi connectivity index (χ0v) is 11.6. The van der Waals surface area contributed by atoms with Gasteiger partial charge in [-0.2, -0.15) is 0 Å². The van der Waals surface area contributed by atoms with Gasteiger partial charge in [0.05, 0.1) is 26.6 Å². The standard InChI is InChI=1S/C13H12ClFN2O3/c1-18-9-3-8(12(15)11(4-9)19-2)7-20-10-5-16-13(14)17-6-10/h3-6H,7H2,1-2H3. The fourth-order valence-corrected chi connectivity index (χ4v) is 1.63. The van der Waals surface area contributed by atoms with Crippen LogP contribution in [-0.2, 0) is 6.61 Å². The van der Waals surface area contributed by atoms with Gasteiger partial charge in [-0.1, -0.05) is 0 Å². The van der Waals surface area contributed by atoms with E-state index >= 15 is 0 Å². The number of halogens is 2. The van der Waals surface area contributed by atoms with E-state index in [9.17, 15) is 4.39 Å². The fourth-order valence-electron chi connectivity index (χ4n) is 1.54. The summed E-state index contributed by atoms with van der Waals surface area (Å²) in [4.78, 5) is 7.53. The highest BCUT2D eigenvalue weighted by Crippen LogP contribution is 2.28. The van der Waals surface area contributed by atoms with Crippen molar-refractivity contribution in [2.75, 3.05) is 14.2 Å². The first-order valence-electron chi connectivity index (χ1n) is 5.64. The van der Waals surface area contributed by atoms with Gasteiger partial charge in [0.2, 0.25) is 5.28 Å². The molecule has 0 spiro atoms. The number of ether oxygens (including phenoxy) is 3. The van der Waals surface area contributed by atoms with E-state index in [0.29, 0.717) is 17.1 Å². The molecule has 0 amide bonds. The first-order chi connectivity index (χ1) is 9.63. The summed E-state index contributed by atoms with van der Waals surface area (Å²) in [6.07, 6.45) is 2.81. The Kier molecular flexibility index (Phi) is 4.57. The summed E-state index contributed by atoms with van der Waals surface area (Å²) in [7, 11) is 2.87. The van der Waals surface area contributed by atoms with Crippen molar-refractivity contribution in [2.24, 2.45) is 0 Å². The van der Waals surface area contributed by atoms with Crippen LogP contribution in [0.25, 0.3) is 0 Å². The van der Waals surface area contributed by atoms with Gasteiger partial charge in [-0.15, -0.1) is 0 Å². The molecule has 0 unspecified atom stereocenters. The molecule has 1 aromatic heterocycles. The molecular weight excluding hydrogens is 287 g/mol. The van der Waals surface area contributed by atoms with Crippen LogP contribution in [0.2, 0.25) is 5.28 Å². The number of benzene rings is 1. The molecule has 2 rings (SSSR count). The summed E-state index contributed by atoms with van der Waals surface area (Å²) >= 11 is 5.56. The lowest BCUT2D eigenvalue weighted by atomic mass is 10.2. The molecular formula is C13H12ClFN2O3. The maximum absolute atomic E-state index is 14.0. The van der Waals surface area contributed by atoms with Crippen LogP contribution in [0.3, 0.4) is 0 Å². The first kappa shape index (κ1) is 14.3. The second-order valence-corrected chi connectivity index (χ2v) is 4.12. The Labute approximate surface area is 120 Å². The van der Waals surface area contributed by atoms with Crippen molar-refractivity contribution in [3.8, 4) is 17.2 Å². The normalized spacial score (nSPS) is 10.2. The lowest BCUT2D eigenvalue weighted by Gasteiger charge is -2.11. The molecule has 0 fully saturated rings. The maximum atomic E-state index is 14.0. The quantitative estimate of drug-likeness (QED) is 0.795. The second kappa shape index (κ2) is 6.38. The molecule has 1 aromatic carbocycles. The average molecular weight is 299 g/mol. The summed E-state index contributed by atoms with van der Waals surface area (Å²) in [5.41, 5.74) is 0.302. The van der Waals surface area contributed by atoms with Crippen LogP contribution in [0.1, 0.15) is 5.56 Å². The minimum atomic E-state index is -0.497. The van der Waals surface area contributed by atoms with Crippen LogP contribution >= 0.6 is 11.6 Å². The van der Waals surface area contributed by atoms with Gasteiger partial charge >= 0.3 is 0 Å². The molecule has 7 heteroatoms. The summed E-state index contributed by atoms with van der Waals surface area (Å²) in [5.74, 6) is 0.461. The summed E-state index contributed by atoms with van der Waals surface area (Å²) in [6.45, 7) is -0.00954. The zero-order valence-electron chi connectivity index (χ0n) is 10.9. The topological polar surface area (TPSA) is 53.5 Å². The average Bonchev–Trinajstić information content (AvgIpc) is 2.48. The Bertz CT molecular complexity index is 593. The van der Waals surface area contributed by atoms with Crippen LogP contribution < -0.4 is 14.2 Å². The van der Waals surface area contributed by atoms with Gasteiger partial charge in [-0.3, -0.25) is 0 Å². The smallest absolute Gasteiger partial charge is 0.222 e. The van der Waals surface area contributed by atoms with Crippen molar-refractivity contribution in [1.29, 1.82) is 0 Å². The molecule has 0 aliphatic rings. The van der Waals surface area contributed by atoms with Crippen LogP contribution in [0, 0.1) is 5.82 Å². The lowest BCUT2D eigenvalue weighted by Crippen LogP contribution is -2.02. The Morgan fingerprint density at radius 3 is 2.40 bits per heavy atom. The van der Waals surface area contributed by atoms with E-state index in [2.05, 4.69) is 9.97 Å². The maximum Gasteiger partial charge on any atom is 0.222 e. The molecule has 5 nitrogen and oxygen atoms in total. The molecule has 0 bridgehead atoms. The predicted molar refractivity (Wildman–Crippen MR) is 70.9 cm³/mol. The van der Waals surface area contributed by atoms with E-state index in [1.165, 1.54) is 38.7 Å². The van der Waals surface area contributed by atoms with Gasteiger partial charge in [-0.05, 0) is 17.7 Å². The molecule has 1 heterocycles. The van der Waals surface area contributed by atoms with Crippen molar-refractivity contribution < 1.29 is 18.6 Å². The Hall–Kier alpha value is -2.08. The van der Waals surface area contributed by atoms with Gasteiger partial charge in [0.1, 0.15) is 12.4 Å². The van der Waals surface area contributed by atoms with Crippen LogP contribution in [-0.4, -0.2) is 24.2 Å². The Balaban J connectivity index is 2.18. The van der Waals surface area contributed by atoms with Crippen LogP contribution in [0.15, 0.2) is 24.5 Å².